The molecule has 1 aromatic heterocycles. The fraction of sp³-hybridized carbons (Fsp3) is 0.476. The summed E-state index contributed by atoms with van der Waals surface area (Å²) in [5.41, 5.74) is -0.750. The van der Waals surface area contributed by atoms with Gasteiger partial charge in [0, 0.05) is 18.9 Å². The average Bonchev–Trinajstić information content (AvgIpc) is 2.90. The van der Waals surface area contributed by atoms with Gasteiger partial charge in [-0.2, -0.15) is 13.2 Å². The van der Waals surface area contributed by atoms with Crippen LogP contribution in [-0.4, -0.2) is 23.7 Å². The summed E-state index contributed by atoms with van der Waals surface area (Å²) in [5.74, 6) is -1.28. The number of aliphatic carboxylic acids is 1. The van der Waals surface area contributed by atoms with Crippen molar-refractivity contribution < 1.29 is 23.1 Å². The van der Waals surface area contributed by atoms with Gasteiger partial charge in [0.1, 0.15) is 0 Å². The number of benzene rings is 1. The number of rotatable bonds is 7. The lowest BCUT2D eigenvalue weighted by Crippen LogP contribution is -2.30. The number of alkyl halides is 7. The van der Waals surface area contributed by atoms with Crippen LogP contribution in [0.1, 0.15) is 30.5 Å². The molecule has 1 saturated carbocycles. The molecular formula is C21H20Br2Cl2F3NO2. The zero-order valence-electron chi connectivity index (χ0n) is 16.6. The lowest BCUT2D eigenvalue weighted by atomic mass is 9.95. The number of halogens is 7. The maximum Gasteiger partial charge on any atom is 0.416 e. The number of aromatic nitrogens is 1. The van der Waals surface area contributed by atoms with Crippen molar-refractivity contribution in [2.45, 2.75) is 41.1 Å². The molecule has 1 aliphatic rings. The summed E-state index contributed by atoms with van der Waals surface area (Å²) in [6.07, 6.45) is -0.332. The van der Waals surface area contributed by atoms with Crippen LogP contribution in [0.5, 0.6) is 0 Å². The van der Waals surface area contributed by atoms with E-state index < -0.39 is 36.6 Å². The van der Waals surface area contributed by atoms with E-state index in [0.717, 1.165) is 23.3 Å². The molecule has 1 aliphatic carbocycles. The van der Waals surface area contributed by atoms with Gasteiger partial charge >= 0.3 is 12.1 Å². The molecule has 3 nitrogen and oxygen atoms in total. The van der Waals surface area contributed by atoms with E-state index in [-0.39, 0.29) is 12.5 Å². The van der Waals surface area contributed by atoms with E-state index in [1.165, 1.54) is 12.1 Å². The Hall–Kier alpha value is -0.700. The molecule has 1 heterocycles. The summed E-state index contributed by atoms with van der Waals surface area (Å²) in [6.45, 7) is 3.96. The molecule has 0 bridgehead atoms. The van der Waals surface area contributed by atoms with E-state index in [4.69, 9.17) is 23.2 Å². The molecular weight excluding hydrogens is 586 g/mol. The van der Waals surface area contributed by atoms with Crippen molar-refractivity contribution in [1.82, 2.24) is 4.57 Å². The fourth-order valence-electron chi connectivity index (χ4n) is 4.51. The van der Waals surface area contributed by atoms with Crippen LogP contribution >= 0.6 is 55.1 Å². The van der Waals surface area contributed by atoms with E-state index in [1.807, 2.05) is 26.1 Å². The molecule has 0 aliphatic heterocycles. The first-order valence-electron chi connectivity index (χ1n) is 9.35. The zero-order valence-corrected chi connectivity index (χ0v) is 21.2. The van der Waals surface area contributed by atoms with E-state index >= 15 is 0 Å². The molecule has 0 radical (unpaired) electrons. The minimum atomic E-state index is -4.37. The number of carboxylic acids is 1. The van der Waals surface area contributed by atoms with Gasteiger partial charge in [-0.05, 0) is 63.0 Å². The van der Waals surface area contributed by atoms with Crippen LogP contribution in [0, 0.1) is 16.7 Å². The van der Waals surface area contributed by atoms with E-state index in [0.29, 0.717) is 6.42 Å². The summed E-state index contributed by atoms with van der Waals surface area (Å²) < 4.78 is 38.7. The summed E-state index contributed by atoms with van der Waals surface area (Å²) >= 11 is 19.0. The molecule has 31 heavy (non-hydrogen) atoms. The third-order valence-corrected chi connectivity index (χ3v) is 9.62. The van der Waals surface area contributed by atoms with Crippen molar-refractivity contribution in [3.8, 4) is 0 Å². The Morgan fingerprint density at radius 2 is 1.77 bits per heavy atom. The van der Waals surface area contributed by atoms with Gasteiger partial charge in [-0.3, -0.25) is 4.79 Å². The van der Waals surface area contributed by atoms with Crippen molar-refractivity contribution >= 4 is 61.0 Å². The zero-order chi connectivity index (χ0) is 23.4. The molecule has 3 atom stereocenters. The second kappa shape index (κ2) is 8.26. The molecule has 3 rings (SSSR count). The fourth-order valence-corrected chi connectivity index (χ4v) is 6.14. The topological polar surface area (TPSA) is 42.2 Å². The van der Waals surface area contributed by atoms with Crippen molar-refractivity contribution in [3.05, 3.63) is 59.4 Å². The van der Waals surface area contributed by atoms with Crippen molar-refractivity contribution in [2.24, 2.45) is 16.7 Å². The Morgan fingerprint density at radius 1 is 1.19 bits per heavy atom. The second-order valence-corrected chi connectivity index (χ2v) is 13.0. The lowest BCUT2D eigenvalue weighted by Gasteiger charge is -2.22. The van der Waals surface area contributed by atoms with Crippen LogP contribution in [-0.2, 0) is 23.9 Å². The highest BCUT2D eigenvalue weighted by Crippen LogP contribution is 2.74. The van der Waals surface area contributed by atoms with Gasteiger partial charge in [0.05, 0.1) is 15.8 Å². The molecule has 0 spiro atoms. The minimum Gasteiger partial charge on any atom is -0.481 e. The summed E-state index contributed by atoms with van der Waals surface area (Å²) in [6, 6.07) is 6.85. The first-order valence-corrected chi connectivity index (χ1v) is 11.8. The summed E-state index contributed by atoms with van der Waals surface area (Å²) in [7, 11) is 0. The largest absolute Gasteiger partial charge is 0.481 e. The van der Waals surface area contributed by atoms with Gasteiger partial charge in [0.25, 0.3) is 0 Å². The average molecular weight is 606 g/mol. The maximum absolute atomic E-state index is 12.7. The molecule has 0 amide bonds. The molecule has 2 aromatic rings. The Kier molecular flexibility index (Phi) is 6.64. The SMILES string of the molecule is CC1(C)C(C(Br)C(Cl)(Cl)Br)C1(Cn1ccc(Cc2ccc(C(F)(F)F)cc2)c1)C(=O)O. The predicted octanol–water partition coefficient (Wildman–Crippen LogP) is 7.11. The van der Waals surface area contributed by atoms with Crippen LogP contribution in [0.25, 0.3) is 0 Å². The van der Waals surface area contributed by atoms with Gasteiger partial charge in [0.15, 0.2) is 3.24 Å². The van der Waals surface area contributed by atoms with Crippen LogP contribution in [0.15, 0.2) is 42.7 Å². The highest BCUT2D eigenvalue weighted by atomic mass is 79.9. The highest BCUT2D eigenvalue weighted by Gasteiger charge is 2.79. The molecule has 1 aromatic carbocycles. The Bertz CT molecular complexity index is 970. The van der Waals surface area contributed by atoms with Crippen LogP contribution in [0.3, 0.4) is 0 Å². The molecule has 3 unspecified atom stereocenters. The van der Waals surface area contributed by atoms with Gasteiger partial charge < -0.3 is 9.67 Å². The predicted molar refractivity (Wildman–Crippen MR) is 122 cm³/mol. The van der Waals surface area contributed by atoms with Gasteiger partial charge in [-0.25, -0.2) is 0 Å². The molecule has 1 N–H and O–H groups in total. The summed E-state index contributed by atoms with van der Waals surface area (Å²) in [5, 5.41) is 10.1. The number of hydrogen-bond donors (Lipinski definition) is 1. The van der Waals surface area contributed by atoms with Crippen LogP contribution in [0.2, 0.25) is 0 Å². The maximum atomic E-state index is 12.7. The molecule has 170 valence electrons. The molecule has 1 fully saturated rings. The normalized spacial score (nSPS) is 24.1. The van der Waals surface area contributed by atoms with Gasteiger partial charge in [0.2, 0.25) is 0 Å². The van der Waals surface area contributed by atoms with Gasteiger partial charge in [-0.1, -0.05) is 65.1 Å². The second-order valence-electron chi connectivity index (χ2n) is 8.48. The van der Waals surface area contributed by atoms with Crippen LogP contribution in [0.4, 0.5) is 13.2 Å². The van der Waals surface area contributed by atoms with Crippen LogP contribution < -0.4 is 0 Å². The van der Waals surface area contributed by atoms with E-state index in [9.17, 15) is 23.1 Å². The quantitative estimate of drug-likeness (QED) is 0.342. The Balaban J connectivity index is 1.78. The monoisotopic (exact) mass is 603 g/mol. The standard InChI is InChI=1S/C21H20Br2Cl2F3NO2/c1-18(2)15(16(22)20(23,24)25)19(18,17(30)31)11-29-8-7-13(10-29)9-12-3-5-14(6-4-12)21(26,27)28/h3-8,10,15-16H,9,11H2,1-2H3,(H,30,31). The number of hydrogen-bond acceptors (Lipinski definition) is 1. The molecule has 10 heteroatoms. The Labute approximate surface area is 205 Å². The minimum absolute atomic E-state index is 0.214. The van der Waals surface area contributed by atoms with Crippen molar-refractivity contribution in [1.29, 1.82) is 0 Å². The van der Waals surface area contributed by atoms with Gasteiger partial charge in [-0.15, -0.1) is 0 Å². The molecule has 0 saturated heterocycles. The first-order chi connectivity index (χ1) is 14.1. The number of nitrogens with zero attached hydrogens (tertiary/aromatic N) is 1. The third-order valence-electron chi connectivity index (χ3n) is 6.30. The number of carbonyl (C=O) groups is 1. The Morgan fingerprint density at radius 3 is 2.26 bits per heavy atom. The van der Waals surface area contributed by atoms with Crippen molar-refractivity contribution in [2.75, 3.05) is 0 Å². The third kappa shape index (κ3) is 4.68. The lowest BCUT2D eigenvalue weighted by molar-refractivity contribution is -0.146. The van der Waals surface area contributed by atoms with Crippen molar-refractivity contribution in [3.63, 3.8) is 0 Å². The number of carboxylic acid groups (broad SMARTS) is 1. The first kappa shape index (κ1) is 24.9. The smallest absolute Gasteiger partial charge is 0.416 e. The van der Waals surface area contributed by atoms with E-state index in [2.05, 4.69) is 31.9 Å². The highest BCUT2D eigenvalue weighted by molar-refractivity contribution is 9.13. The summed E-state index contributed by atoms with van der Waals surface area (Å²) in [4.78, 5) is 11.8. The van der Waals surface area contributed by atoms with E-state index in [1.54, 1.807) is 10.8 Å².